The maximum atomic E-state index is 5.65. The van der Waals surface area contributed by atoms with E-state index in [9.17, 15) is 0 Å². The smallest absolute Gasteiger partial charge is 0.153 e. The van der Waals surface area contributed by atoms with Gasteiger partial charge in [-0.2, -0.15) is 4.68 Å². The van der Waals surface area contributed by atoms with Gasteiger partial charge in [-0.15, -0.1) is 5.10 Å². The summed E-state index contributed by atoms with van der Waals surface area (Å²) in [6.07, 6.45) is 4.67. The Bertz CT molecular complexity index is 954. The van der Waals surface area contributed by atoms with Crippen molar-refractivity contribution in [3.05, 3.63) is 65.8 Å². The number of aromatic nitrogens is 4. The number of rotatable bonds is 6. The van der Waals surface area contributed by atoms with E-state index in [1.165, 1.54) is 5.56 Å². The summed E-state index contributed by atoms with van der Waals surface area (Å²) in [6.45, 7) is 3.71. The Morgan fingerprint density at radius 2 is 1.90 bits per heavy atom. The van der Waals surface area contributed by atoms with E-state index in [-0.39, 0.29) is 6.04 Å². The highest BCUT2D eigenvalue weighted by Crippen LogP contribution is 2.34. The molecule has 7 nitrogen and oxygen atoms in total. The second-order valence-electron chi connectivity index (χ2n) is 7.20. The molecule has 29 heavy (non-hydrogen) atoms. The second-order valence-corrected chi connectivity index (χ2v) is 7.20. The summed E-state index contributed by atoms with van der Waals surface area (Å²) in [5.74, 6) is 2.50. The molecule has 0 N–H and O–H groups in total. The standard InChI is InChI=1S/C22H26N5O2/c1-16-23-24-25-27(16)19-9-12-22(29-3)18(14-19)15-26-13-5-4-6-21(26)17-7-10-20(28-2)11-8-17/h6-12,14,21H,4-5,13,15H2,1-3H3. The predicted octanol–water partition coefficient (Wildman–Crippen LogP) is 3.53. The summed E-state index contributed by atoms with van der Waals surface area (Å²) in [5.41, 5.74) is 3.33. The summed E-state index contributed by atoms with van der Waals surface area (Å²) < 4.78 is 12.7. The second kappa shape index (κ2) is 8.61. The Labute approximate surface area is 171 Å². The van der Waals surface area contributed by atoms with E-state index in [1.54, 1.807) is 18.9 Å². The summed E-state index contributed by atoms with van der Waals surface area (Å²) in [5, 5.41) is 11.8. The highest BCUT2D eigenvalue weighted by molar-refractivity contribution is 5.44. The summed E-state index contributed by atoms with van der Waals surface area (Å²) in [4.78, 5) is 2.49. The Morgan fingerprint density at radius 3 is 2.59 bits per heavy atom. The number of tetrazole rings is 1. The maximum absolute atomic E-state index is 5.65. The molecule has 0 aliphatic carbocycles. The molecule has 2 heterocycles. The molecule has 0 saturated carbocycles. The van der Waals surface area contributed by atoms with Gasteiger partial charge in [0.2, 0.25) is 0 Å². The molecule has 0 bridgehead atoms. The number of piperidine rings is 1. The van der Waals surface area contributed by atoms with E-state index in [0.717, 1.165) is 54.5 Å². The number of methoxy groups -OCH3 is 2. The number of hydrogen-bond donors (Lipinski definition) is 0. The normalized spacial score (nSPS) is 17.3. The van der Waals surface area contributed by atoms with Crippen LogP contribution in [0, 0.1) is 13.3 Å². The van der Waals surface area contributed by atoms with Crippen molar-refractivity contribution in [2.24, 2.45) is 0 Å². The van der Waals surface area contributed by atoms with Crippen molar-refractivity contribution in [1.82, 2.24) is 25.1 Å². The van der Waals surface area contributed by atoms with Crippen LogP contribution in [0.25, 0.3) is 5.69 Å². The topological polar surface area (TPSA) is 65.3 Å². The van der Waals surface area contributed by atoms with Gasteiger partial charge in [0.1, 0.15) is 11.5 Å². The fraction of sp³-hybridized carbons (Fsp3) is 0.364. The first-order chi connectivity index (χ1) is 14.2. The molecule has 1 atom stereocenters. The van der Waals surface area contributed by atoms with Gasteiger partial charge in [-0.05, 0) is 79.1 Å². The molecule has 1 radical (unpaired) electrons. The van der Waals surface area contributed by atoms with Crippen LogP contribution in [0.3, 0.4) is 0 Å². The zero-order chi connectivity index (χ0) is 20.2. The largest absolute Gasteiger partial charge is 0.497 e. The van der Waals surface area contributed by atoms with Crippen molar-refractivity contribution in [3.63, 3.8) is 0 Å². The fourth-order valence-corrected chi connectivity index (χ4v) is 3.89. The zero-order valence-corrected chi connectivity index (χ0v) is 17.1. The average Bonchev–Trinajstić information content (AvgIpc) is 3.20. The van der Waals surface area contributed by atoms with Crippen molar-refractivity contribution in [1.29, 1.82) is 0 Å². The molecule has 1 saturated heterocycles. The molecule has 0 spiro atoms. The molecule has 2 aromatic carbocycles. The van der Waals surface area contributed by atoms with Crippen LogP contribution in [0.15, 0.2) is 42.5 Å². The van der Waals surface area contributed by atoms with Crippen molar-refractivity contribution in [2.75, 3.05) is 20.8 Å². The fourth-order valence-electron chi connectivity index (χ4n) is 3.89. The lowest BCUT2D eigenvalue weighted by Crippen LogP contribution is -2.33. The van der Waals surface area contributed by atoms with Gasteiger partial charge in [-0.3, -0.25) is 4.90 Å². The molecule has 4 rings (SSSR count). The molecule has 1 fully saturated rings. The van der Waals surface area contributed by atoms with Crippen LogP contribution in [-0.2, 0) is 6.54 Å². The first-order valence-corrected chi connectivity index (χ1v) is 9.83. The summed E-state index contributed by atoms with van der Waals surface area (Å²) >= 11 is 0. The average molecular weight is 392 g/mol. The van der Waals surface area contributed by atoms with Crippen molar-refractivity contribution < 1.29 is 9.47 Å². The molecule has 1 aliphatic rings. The number of likely N-dealkylation sites (tertiary alicyclic amines) is 1. The Hall–Kier alpha value is -2.93. The molecule has 1 unspecified atom stereocenters. The Morgan fingerprint density at radius 1 is 1.07 bits per heavy atom. The van der Waals surface area contributed by atoms with Gasteiger partial charge in [0.05, 0.1) is 19.9 Å². The van der Waals surface area contributed by atoms with E-state index in [4.69, 9.17) is 9.47 Å². The molecule has 7 heteroatoms. The molecular formula is C22H26N5O2. The zero-order valence-electron chi connectivity index (χ0n) is 17.1. The van der Waals surface area contributed by atoms with Gasteiger partial charge in [0, 0.05) is 18.2 Å². The Kier molecular flexibility index (Phi) is 5.76. The van der Waals surface area contributed by atoms with Gasteiger partial charge in [-0.1, -0.05) is 12.1 Å². The van der Waals surface area contributed by atoms with Gasteiger partial charge >= 0.3 is 0 Å². The molecule has 1 aliphatic heterocycles. The van der Waals surface area contributed by atoms with Crippen LogP contribution in [0.1, 0.15) is 35.8 Å². The van der Waals surface area contributed by atoms with E-state index in [2.05, 4.69) is 45.0 Å². The number of benzene rings is 2. The lowest BCUT2D eigenvalue weighted by Gasteiger charge is -2.36. The van der Waals surface area contributed by atoms with Crippen LogP contribution in [-0.4, -0.2) is 45.9 Å². The van der Waals surface area contributed by atoms with Crippen molar-refractivity contribution >= 4 is 0 Å². The highest BCUT2D eigenvalue weighted by Gasteiger charge is 2.25. The van der Waals surface area contributed by atoms with E-state index in [0.29, 0.717) is 0 Å². The van der Waals surface area contributed by atoms with E-state index >= 15 is 0 Å². The summed E-state index contributed by atoms with van der Waals surface area (Å²) in [7, 11) is 3.41. The lowest BCUT2D eigenvalue weighted by atomic mass is 9.94. The van der Waals surface area contributed by atoms with Crippen LogP contribution >= 0.6 is 0 Å². The quantitative estimate of drug-likeness (QED) is 0.639. The number of aryl methyl sites for hydroxylation is 1. The molecular weight excluding hydrogens is 366 g/mol. The molecule has 0 amide bonds. The SMILES string of the molecule is COc1ccc(C2[CH]CCCN2Cc2cc(-n3nnnc3C)ccc2OC)cc1. The van der Waals surface area contributed by atoms with Crippen LogP contribution in [0.4, 0.5) is 0 Å². The minimum Gasteiger partial charge on any atom is -0.497 e. The van der Waals surface area contributed by atoms with Crippen LogP contribution in [0.5, 0.6) is 11.5 Å². The summed E-state index contributed by atoms with van der Waals surface area (Å²) in [6, 6.07) is 14.7. The highest BCUT2D eigenvalue weighted by atomic mass is 16.5. The third kappa shape index (κ3) is 4.10. The maximum Gasteiger partial charge on any atom is 0.153 e. The van der Waals surface area contributed by atoms with Crippen molar-refractivity contribution in [2.45, 2.75) is 32.4 Å². The van der Waals surface area contributed by atoms with E-state index < -0.39 is 0 Å². The molecule has 151 valence electrons. The predicted molar refractivity (Wildman–Crippen MR) is 110 cm³/mol. The third-order valence-electron chi connectivity index (χ3n) is 5.40. The van der Waals surface area contributed by atoms with E-state index in [1.807, 2.05) is 31.2 Å². The van der Waals surface area contributed by atoms with Gasteiger partial charge < -0.3 is 9.47 Å². The van der Waals surface area contributed by atoms with Crippen LogP contribution < -0.4 is 9.47 Å². The van der Waals surface area contributed by atoms with Gasteiger partial charge in [-0.25, -0.2) is 0 Å². The number of nitrogens with zero attached hydrogens (tertiary/aromatic N) is 5. The monoisotopic (exact) mass is 392 g/mol. The van der Waals surface area contributed by atoms with Crippen LogP contribution in [0.2, 0.25) is 0 Å². The van der Waals surface area contributed by atoms with Crippen molar-refractivity contribution in [3.8, 4) is 17.2 Å². The third-order valence-corrected chi connectivity index (χ3v) is 5.40. The minimum atomic E-state index is 0.262. The minimum absolute atomic E-state index is 0.262. The van der Waals surface area contributed by atoms with Gasteiger partial charge in [0.15, 0.2) is 5.82 Å². The lowest BCUT2D eigenvalue weighted by molar-refractivity contribution is 0.177. The Balaban J connectivity index is 1.62. The number of ether oxygens (including phenoxy) is 2. The first kappa shape index (κ1) is 19.4. The van der Waals surface area contributed by atoms with Gasteiger partial charge in [0.25, 0.3) is 0 Å². The number of hydrogen-bond acceptors (Lipinski definition) is 6. The molecule has 3 aromatic rings. The first-order valence-electron chi connectivity index (χ1n) is 9.83. The molecule has 1 aromatic heterocycles.